The van der Waals surface area contributed by atoms with Crippen LogP contribution in [0.2, 0.25) is 0 Å². The predicted octanol–water partition coefficient (Wildman–Crippen LogP) is 5.37. The number of hydrogen-bond donors (Lipinski definition) is 0. The zero-order valence-electron chi connectivity index (χ0n) is 12.3. The van der Waals surface area contributed by atoms with Crippen molar-refractivity contribution in [2.45, 2.75) is 54.4 Å². The fourth-order valence-corrected chi connectivity index (χ4v) is 1.70. The van der Waals surface area contributed by atoms with Crippen molar-refractivity contribution >= 4 is 12.4 Å². The fourth-order valence-electron chi connectivity index (χ4n) is 1.70. The second-order valence-corrected chi connectivity index (χ2v) is 4.77. The van der Waals surface area contributed by atoms with Crippen molar-refractivity contribution in [2.24, 2.45) is 0 Å². The maximum atomic E-state index is 3.26. The Balaban J connectivity index is 0. The summed E-state index contributed by atoms with van der Waals surface area (Å²) in [5, 5.41) is 0. The molecule has 0 amide bonds. The van der Waals surface area contributed by atoms with Crippen LogP contribution < -0.4 is 0 Å². The van der Waals surface area contributed by atoms with Gasteiger partial charge in [-0.25, -0.2) is 11.1 Å². The van der Waals surface area contributed by atoms with Gasteiger partial charge in [0.25, 0.3) is 0 Å². The Morgan fingerprint density at radius 3 is 1.00 bits per heavy atom. The molecule has 18 heavy (non-hydrogen) atoms. The molecule has 0 spiro atoms. The van der Waals surface area contributed by atoms with Crippen LogP contribution in [0.25, 0.3) is 0 Å². The van der Waals surface area contributed by atoms with E-state index in [2.05, 4.69) is 53.7 Å². The molecular formula is C16H23ClZr. The Labute approximate surface area is 138 Å². The maximum Gasteiger partial charge on any atom is 2.00 e. The Hall–Kier alpha value is 0.133. The molecule has 0 heterocycles. The van der Waals surface area contributed by atoms with E-state index in [-0.39, 0.29) is 38.6 Å². The molecule has 0 saturated heterocycles. The summed E-state index contributed by atoms with van der Waals surface area (Å²) in [7, 11) is 0. The first-order chi connectivity index (χ1) is 7.43. The third-order valence-electron chi connectivity index (χ3n) is 3.64. The van der Waals surface area contributed by atoms with Crippen LogP contribution in [-0.2, 0) is 26.2 Å². The van der Waals surface area contributed by atoms with Gasteiger partial charge in [-0.05, 0) is 0 Å². The zero-order valence-corrected chi connectivity index (χ0v) is 15.6. The van der Waals surface area contributed by atoms with E-state index < -0.39 is 0 Å². The molecule has 2 rings (SSSR count). The molecule has 2 heteroatoms. The summed E-state index contributed by atoms with van der Waals surface area (Å²) in [5.74, 6) is 0. The average Bonchev–Trinajstić information content (AvgIpc) is 2.70. The van der Waals surface area contributed by atoms with Crippen LogP contribution in [-0.4, -0.2) is 0 Å². The largest absolute Gasteiger partial charge is 2.00 e. The molecule has 2 aliphatic carbocycles. The second kappa shape index (κ2) is 9.10. The number of hydrogen-bond acceptors (Lipinski definition) is 0. The molecule has 0 aromatic heterocycles. The smallest absolute Gasteiger partial charge is 0.269 e. The molecule has 0 aromatic rings. The van der Waals surface area contributed by atoms with Gasteiger partial charge in [0.05, 0.1) is 0 Å². The molecule has 0 radical (unpaired) electrons. The van der Waals surface area contributed by atoms with E-state index in [4.69, 9.17) is 0 Å². The van der Waals surface area contributed by atoms with Crippen molar-refractivity contribution in [1.29, 1.82) is 0 Å². The first kappa shape index (κ1) is 20.5. The van der Waals surface area contributed by atoms with E-state index in [1.807, 2.05) is 0 Å². The Morgan fingerprint density at radius 2 is 0.944 bits per heavy atom. The SMILES string of the molecule is CC1=[C-]CC(C)=C1C.CC1=[C-]CC(C)=C1C.Cl.[Zr+2]. The van der Waals surface area contributed by atoms with Crippen molar-refractivity contribution < 1.29 is 26.2 Å². The Morgan fingerprint density at radius 1 is 0.667 bits per heavy atom. The molecule has 0 aromatic carbocycles. The van der Waals surface area contributed by atoms with Gasteiger partial charge in [-0.3, -0.25) is 12.2 Å². The maximum absolute atomic E-state index is 3.26. The summed E-state index contributed by atoms with van der Waals surface area (Å²) in [5.41, 5.74) is 8.49. The van der Waals surface area contributed by atoms with Crippen LogP contribution in [0.1, 0.15) is 54.4 Å². The van der Waals surface area contributed by atoms with Gasteiger partial charge in [0.2, 0.25) is 0 Å². The minimum atomic E-state index is 0. The van der Waals surface area contributed by atoms with Crippen LogP contribution in [0.15, 0.2) is 33.4 Å². The van der Waals surface area contributed by atoms with Gasteiger partial charge in [0, 0.05) is 0 Å². The van der Waals surface area contributed by atoms with E-state index in [1.165, 1.54) is 33.4 Å². The minimum absolute atomic E-state index is 0. The molecule has 98 valence electrons. The molecule has 0 bridgehead atoms. The summed E-state index contributed by atoms with van der Waals surface area (Å²) in [6.45, 7) is 12.9. The van der Waals surface area contributed by atoms with Crippen LogP contribution in [0.4, 0.5) is 0 Å². The number of allylic oxidation sites excluding steroid dienone is 8. The minimum Gasteiger partial charge on any atom is -0.269 e. The third kappa shape index (κ3) is 5.41. The van der Waals surface area contributed by atoms with Gasteiger partial charge in [0.1, 0.15) is 0 Å². The predicted molar refractivity (Wildman–Crippen MR) is 78.1 cm³/mol. The van der Waals surface area contributed by atoms with E-state index in [0.717, 1.165) is 12.8 Å². The molecular weight excluding hydrogens is 319 g/mol. The van der Waals surface area contributed by atoms with Gasteiger partial charge < -0.3 is 0 Å². The third-order valence-corrected chi connectivity index (χ3v) is 3.64. The molecule has 0 nitrogen and oxygen atoms in total. The standard InChI is InChI=1S/2C8H11.ClH.Zr/c2*1-6-4-5-7(2)8(6)3;;/h2*4H2,1-3H3;1H;/q2*-1;;+2. The second-order valence-electron chi connectivity index (χ2n) is 4.77. The summed E-state index contributed by atoms with van der Waals surface area (Å²) in [6, 6.07) is 0. The topological polar surface area (TPSA) is 0 Å². The molecule has 0 N–H and O–H groups in total. The molecule has 0 aliphatic heterocycles. The monoisotopic (exact) mass is 340 g/mol. The van der Waals surface area contributed by atoms with Crippen LogP contribution in [0.3, 0.4) is 0 Å². The van der Waals surface area contributed by atoms with E-state index in [9.17, 15) is 0 Å². The van der Waals surface area contributed by atoms with E-state index in [1.54, 1.807) is 0 Å². The molecule has 2 aliphatic rings. The van der Waals surface area contributed by atoms with Gasteiger partial charge in [-0.15, -0.1) is 39.1 Å². The van der Waals surface area contributed by atoms with Crippen molar-refractivity contribution in [2.75, 3.05) is 0 Å². The molecule has 0 atom stereocenters. The number of halogens is 1. The first-order valence-electron chi connectivity index (χ1n) is 5.91. The fraction of sp³-hybridized carbons (Fsp3) is 0.500. The molecule has 0 fully saturated rings. The Bertz CT molecular complexity index is 358. The van der Waals surface area contributed by atoms with Crippen molar-refractivity contribution in [1.82, 2.24) is 0 Å². The molecule has 0 unspecified atom stereocenters. The average molecular weight is 342 g/mol. The van der Waals surface area contributed by atoms with Gasteiger partial charge in [-0.1, -0.05) is 27.7 Å². The van der Waals surface area contributed by atoms with Crippen LogP contribution in [0.5, 0.6) is 0 Å². The van der Waals surface area contributed by atoms with Crippen molar-refractivity contribution in [3.05, 3.63) is 45.6 Å². The van der Waals surface area contributed by atoms with Gasteiger partial charge >= 0.3 is 26.2 Å². The van der Waals surface area contributed by atoms with Crippen LogP contribution in [0, 0.1) is 12.2 Å². The summed E-state index contributed by atoms with van der Waals surface area (Å²) >= 11 is 0. The summed E-state index contributed by atoms with van der Waals surface area (Å²) in [6.07, 6.45) is 8.63. The summed E-state index contributed by atoms with van der Waals surface area (Å²) < 4.78 is 0. The van der Waals surface area contributed by atoms with Gasteiger partial charge in [0.15, 0.2) is 0 Å². The van der Waals surface area contributed by atoms with Crippen molar-refractivity contribution in [3.8, 4) is 0 Å². The summed E-state index contributed by atoms with van der Waals surface area (Å²) in [4.78, 5) is 0. The van der Waals surface area contributed by atoms with E-state index >= 15 is 0 Å². The van der Waals surface area contributed by atoms with Crippen molar-refractivity contribution in [3.63, 3.8) is 0 Å². The van der Waals surface area contributed by atoms with Gasteiger partial charge in [-0.2, -0.15) is 22.3 Å². The number of rotatable bonds is 0. The normalized spacial score (nSPS) is 17.4. The quantitative estimate of drug-likeness (QED) is 0.519. The molecule has 0 saturated carbocycles. The van der Waals surface area contributed by atoms with E-state index in [0.29, 0.717) is 0 Å². The zero-order chi connectivity index (χ0) is 12.3. The Kier molecular flexibility index (Phi) is 10.3. The first-order valence-corrected chi connectivity index (χ1v) is 5.91. The van der Waals surface area contributed by atoms with Crippen LogP contribution >= 0.6 is 12.4 Å².